The SMILES string of the molecule is COCCC(=O)N1CCN(CCCCCN2C(=S)N(c3ccc(C#N)c(C(F)(F)F)c3)C(=O)C2(C)C)CC1. The zero-order valence-electron chi connectivity index (χ0n) is 22.0. The van der Waals surface area contributed by atoms with E-state index in [1.807, 2.05) is 4.90 Å². The summed E-state index contributed by atoms with van der Waals surface area (Å²) in [4.78, 5) is 32.4. The number of piperazine rings is 1. The highest BCUT2D eigenvalue weighted by molar-refractivity contribution is 7.80. The summed E-state index contributed by atoms with van der Waals surface area (Å²) in [6.07, 6.45) is -1.72. The Balaban J connectivity index is 1.52. The van der Waals surface area contributed by atoms with E-state index in [9.17, 15) is 22.8 Å². The molecule has 1 aromatic carbocycles. The van der Waals surface area contributed by atoms with E-state index in [4.69, 9.17) is 22.2 Å². The Morgan fingerprint density at radius 1 is 1.13 bits per heavy atom. The maximum absolute atomic E-state index is 13.5. The Morgan fingerprint density at radius 3 is 2.39 bits per heavy atom. The summed E-state index contributed by atoms with van der Waals surface area (Å²) >= 11 is 5.54. The van der Waals surface area contributed by atoms with E-state index < -0.39 is 28.7 Å². The van der Waals surface area contributed by atoms with Gasteiger partial charge in [-0.05, 0) is 63.7 Å². The number of halogens is 3. The number of unbranched alkanes of at least 4 members (excludes halogenated alkanes) is 2. The van der Waals surface area contributed by atoms with E-state index in [0.29, 0.717) is 32.7 Å². The fourth-order valence-corrected chi connectivity index (χ4v) is 5.30. The second kappa shape index (κ2) is 12.4. The van der Waals surface area contributed by atoms with Crippen LogP contribution in [0, 0.1) is 11.3 Å². The molecule has 1 aromatic rings. The number of thiocarbonyl (C=S) groups is 1. The highest BCUT2D eigenvalue weighted by Gasteiger charge is 2.49. The molecule has 3 rings (SSSR count). The largest absolute Gasteiger partial charge is 0.417 e. The number of ether oxygens (including phenoxy) is 1. The Bertz CT molecular complexity index is 1080. The van der Waals surface area contributed by atoms with E-state index in [0.717, 1.165) is 55.9 Å². The number of amides is 2. The van der Waals surface area contributed by atoms with Gasteiger partial charge in [0.2, 0.25) is 5.91 Å². The summed E-state index contributed by atoms with van der Waals surface area (Å²) in [5.41, 5.74) is -2.60. The monoisotopic (exact) mass is 553 g/mol. The molecule has 2 fully saturated rings. The fraction of sp³-hybridized carbons (Fsp3) is 0.615. The molecule has 0 bridgehead atoms. The number of methoxy groups -OCH3 is 1. The lowest BCUT2D eigenvalue weighted by Crippen LogP contribution is -2.49. The van der Waals surface area contributed by atoms with Crippen LogP contribution in [-0.4, -0.2) is 90.2 Å². The second-order valence-corrected chi connectivity index (χ2v) is 10.4. The molecule has 208 valence electrons. The van der Waals surface area contributed by atoms with Crippen LogP contribution in [0.25, 0.3) is 0 Å². The summed E-state index contributed by atoms with van der Waals surface area (Å²) in [7, 11) is 1.58. The summed E-state index contributed by atoms with van der Waals surface area (Å²) in [6.45, 7) is 8.34. The number of hydrogen-bond acceptors (Lipinski definition) is 6. The summed E-state index contributed by atoms with van der Waals surface area (Å²) in [6, 6.07) is 4.76. The van der Waals surface area contributed by atoms with Gasteiger partial charge in [-0.2, -0.15) is 18.4 Å². The molecule has 0 unspecified atom stereocenters. The molecule has 2 amide bonds. The first kappa shape index (κ1) is 29.8. The molecule has 12 heteroatoms. The summed E-state index contributed by atoms with van der Waals surface area (Å²) < 4.78 is 45.4. The predicted molar refractivity (Wildman–Crippen MR) is 140 cm³/mol. The van der Waals surface area contributed by atoms with Crippen LogP contribution in [0.5, 0.6) is 0 Å². The molecule has 0 atom stereocenters. The van der Waals surface area contributed by atoms with Crippen molar-refractivity contribution in [1.29, 1.82) is 5.26 Å². The van der Waals surface area contributed by atoms with Gasteiger partial charge in [0.05, 0.1) is 35.9 Å². The first-order chi connectivity index (χ1) is 17.9. The van der Waals surface area contributed by atoms with Crippen LogP contribution >= 0.6 is 12.2 Å². The molecule has 2 saturated heterocycles. The van der Waals surface area contributed by atoms with E-state index in [-0.39, 0.29) is 16.7 Å². The zero-order valence-corrected chi connectivity index (χ0v) is 22.8. The Kier molecular flexibility index (Phi) is 9.73. The van der Waals surface area contributed by atoms with Gasteiger partial charge < -0.3 is 14.5 Å². The highest BCUT2D eigenvalue weighted by Crippen LogP contribution is 2.38. The number of nitrogens with zero attached hydrogens (tertiary/aromatic N) is 5. The van der Waals surface area contributed by atoms with Crippen molar-refractivity contribution in [3.05, 3.63) is 29.3 Å². The van der Waals surface area contributed by atoms with E-state index in [1.165, 1.54) is 6.07 Å². The molecule has 0 spiro atoms. The minimum Gasteiger partial charge on any atom is -0.384 e. The second-order valence-electron chi connectivity index (χ2n) is 10.00. The van der Waals surface area contributed by atoms with Crippen molar-refractivity contribution in [3.63, 3.8) is 0 Å². The van der Waals surface area contributed by atoms with Crippen LogP contribution in [0.3, 0.4) is 0 Å². The van der Waals surface area contributed by atoms with Crippen LogP contribution in [0.4, 0.5) is 18.9 Å². The summed E-state index contributed by atoms with van der Waals surface area (Å²) in [5, 5.41) is 9.23. The number of anilines is 1. The van der Waals surface area contributed by atoms with Crippen molar-refractivity contribution >= 4 is 34.8 Å². The van der Waals surface area contributed by atoms with Gasteiger partial charge in [-0.25, -0.2) is 0 Å². The van der Waals surface area contributed by atoms with Crippen molar-refractivity contribution in [3.8, 4) is 6.07 Å². The topological polar surface area (TPSA) is 80.1 Å². The average molecular weight is 554 g/mol. The van der Waals surface area contributed by atoms with Crippen LogP contribution in [-0.2, 0) is 20.5 Å². The Morgan fingerprint density at radius 2 is 1.79 bits per heavy atom. The third kappa shape index (κ3) is 6.62. The number of nitriles is 1. The number of carbonyl (C=O) groups is 2. The lowest BCUT2D eigenvalue weighted by atomic mass is 10.0. The molecule has 0 saturated carbocycles. The lowest BCUT2D eigenvalue weighted by molar-refractivity contribution is -0.138. The molecule has 38 heavy (non-hydrogen) atoms. The standard InChI is InChI=1S/C26H34F3N5O3S/c1-25(2)23(36)34(20-8-7-19(18-30)21(17-20)26(27,28)29)24(38)33(25)11-6-4-5-10-31-12-14-32(15-13-31)22(35)9-16-37-3/h7-8,17H,4-6,9-16H2,1-3H3. The molecule has 2 aliphatic heterocycles. The number of benzene rings is 1. The van der Waals surface area contributed by atoms with Gasteiger partial charge in [-0.3, -0.25) is 19.4 Å². The first-order valence-electron chi connectivity index (χ1n) is 12.7. The van der Waals surface area contributed by atoms with Crippen molar-refractivity contribution < 1.29 is 27.5 Å². The lowest BCUT2D eigenvalue weighted by Gasteiger charge is -2.35. The Hall–Kier alpha value is -2.75. The molecule has 8 nitrogen and oxygen atoms in total. The smallest absolute Gasteiger partial charge is 0.384 e. The molecule has 0 aromatic heterocycles. The van der Waals surface area contributed by atoms with E-state index >= 15 is 0 Å². The van der Waals surface area contributed by atoms with Gasteiger partial charge in [0, 0.05) is 39.8 Å². The molecular formula is C26H34F3N5O3S. The third-order valence-electron chi connectivity index (χ3n) is 7.11. The summed E-state index contributed by atoms with van der Waals surface area (Å²) in [5.74, 6) is -0.284. The molecule has 0 aliphatic carbocycles. The molecule has 0 radical (unpaired) electrons. The first-order valence-corrected chi connectivity index (χ1v) is 13.1. The minimum absolute atomic E-state index is 0.00161. The number of carbonyl (C=O) groups excluding carboxylic acids is 2. The van der Waals surface area contributed by atoms with E-state index in [2.05, 4.69) is 4.90 Å². The van der Waals surface area contributed by atoms with Crippen LogP contribution in [0.2, 0.25) is 0 Å². The number of rotatable bonds is 10. The van der Waals surface area contributed by atoms with Gasteiger partial charge in [0.1, 0.15) is 5.54 Å². The Labute approximate surface area is 226 Å². The maximum Gasteiger partial charge on any atom is 0.417 e. The maximum atomic E-state index is 13.5. The van der Waals surface area contributed by atoms with E-state index in [1.54, 1.807) is 31.9 Å². The normalized spacial score (nSPS) is 18.3. The predicted octanol–water partition coefficient (Wildman–Crippen LogP) is 3.64. The average Bonchev–Trinajstić information content (AvgIpc) is 3.05. The van der Waals surface area contributed by atoms with Gasteiger partial charge in [-0.15, -0.1) is 0 Å². The molecule has 0 N–H and O–H groups in total. The molecule has 2 heterocycles. The number of alkyl halides is 3. The van der Waals surface area contributed by atoms with Crippen molar-refractivity contribution in [1.82, 2.24) is 14.7 Å². The van der Waals surface area contributed by atoms with Gasteiger partial charge in [0.25, 0.3) is 5.91 Å². The fourth-order valence-electron chi connectivity index (χ4n) is 4.79. The zero-order chi connectivity index (χ0) is 28.1. The third-order valence-corrected chi connectivity index (χ3v) is 7.51. The van der Waals surface area contributed by atoms with Gasteiger partial charge >= 0.3 is 6.18 Å². The van der Waals surface area contributed by atoms with Crippen molar-refractivity contribution in [2.24, 2.45) is 0 Å². The van der Waals surface area contributed by atoms with Crippen molar-refractivity contribution in [2.75, 3.05) is 57.9 Å². The number of hydrogen-bond donors (Lipinski definition) is 0. The van der Waals surface area contributed by atoms with Crippen molar-refractivity contribution in [2.45, 2.75) is 51.2 Å². The molecule has 2 aliphatic rings. The quantitative estimate of drug-likeness (QED) is 0.323. The van der Waals surface area contributed by atoms with Gasteiger partial charge in [0.15, 0.2) is 5.11 Å². The van der Waals surface area contributed by atoms with Crippen LogP contribution < -0.4 is 4.90 Å². The van der Waals surface area contributed by atoms with Gasteiger partial charge in [-0.1, -0.05) is 6.42 Å². The minimum atomic E-state index is -4.73. The highest BCUT2D eigenvalue weighted by atomic mass is 32.1. The van der Waals surface area contributed by atoms with Crippen LogP contribution in [0.15, 0.2) is 18.2 Å². The molecular weight excluding hydrogens is 519 g/mol. The van der Waals surface area contributed by atoms with Crippen LogP contribution in [0.1, 0.15) is 50.7 Å².